The summed E-state index contributed by atoms with van der Waals surface area (Å²) in [7, 11) is 0. The Kier molecular flexibility index (Phi) is 11.4. The highest BCUT2D eigenvalue weighted by Crippen LogP contribution is 2.49. The van der Waals surface area contributed by atoms with Crippen molar-refractivity contribution in [3.8, 4) is 0 Å². The fourth-order valence-corrected chi connectivity index (χ4v) is 5.67. The van der Waals surface area contributed by atoms with Crippen molar-refractivity contribution >= 4 is 11.4 Å². The van der Waals surface area contributed by atoms with Crippen molar-refractivity contribution in [2.24, 2.45) is 11.8 Å². The number of hydrogen-bond donors (Lipinski definition) is 1. The van der Waals surface area contributed by atoms with Crippen molar-refractivity contribution in [2.45, 2.75) is 97.8 Å². The number of halogens is 6. The van der Waals surface area contributed by atoms with Crippen LogP contribution in [0.25, 0.3) is 0 Å². The summed E-state index contributed by atoms with van der Waals surface area (Å²) in [6, 6.07) is 7.90. The van der Waals surface area contributed by atoms with Crippen LogP contribution in [-0.4, -0.2) is 13.1 Å². The van der Waals surface area contributed by atoms with Gasteiger partial charge < -0.3 is 10.2 Å². The number of benzene rings is 2. The van der Waals surface area contributed by atoms with E-state index in [1.165, 1.54) is 18.2 Å². The Hall–Kier alpha value is -3.16. The van der Waals surface area contributed by atoms with Crippen molar-refractivity contribution in [1.82, 2.24) is 0 Å². The molecule has 1 heterocycles. The highest BCUT2D eigenvalue weighted by Gasteiger charge is 2.42. The van der Waals surface area contributed by atoms with E-state index in [1.54, 1.807) is 6.07 Å². The van der Waals surface area contributed by atoms with Crippen LogP contribution in [-0.2, 0) is 23.2 Å². The molecular weight excluding hydrogens is 586 g/mol. The minimum absolute atomic E-state index is 0.428. The van der Waals surface area contributed by atoms with Gasteiger partial charge in [-0.05, 0) is 90.1 Å². The minimum Gasteiger partial charge on any atom is -0.385 e. The van der Waals surface area contributed by atoms with Gasteiger partial charge in [0.25, 0.3) is 0 Å². The monoisotopic (exact) mass is 634 g/mol. The van der Waals surface area contributed by atoms with Crippen LogP contribution >= 0.6 is 0 Å². The number of anilines is 2. The zero-order chi connectivity index (χ0) is 33.8. The van der Waals surface area contributed by atoms with Gasteiger partial charge in [0.05, 0.1) is 11.1 Å². The number of fused-ring (bicyclic) bond motifs is 1. The molecule has 45 heavy (non-hydrogen) atoms. The zero-order valence-electron chi connectivity index (χ0n) is 27.8. The van der Waals surface area contributed by atoms with E-state index in [2.05, 4.69) is 37.9 Å². The highest BCUT2D eigenvalue weighted by molar-refractivity contribution is 5.71. The highest BCUT2D eigenvalue weighted by atomic mass is 19.4. The average molecular weight is 635 g/mol. The number of nitrogens with zero attached hydrogens (tertiary/aromatic N) is 1. The molecule has 0 fully saturated rings. The molecule has 1 N–H and O–H groups in total. The first-order valence-corrected chi connectivity index (χ1v) is 15.7. The van der Waals surface area contributed by atoms with Gasteiger partial charge in [-0.25, -0.2) is 0 Å². The predicted molar refractivity (Wildman–Crippen MR) is 175 cm³/mol. The van der Waals surface area contributed by atoms with Gasteiger partial charge >= 0.3 is 12.4 Å². The van der Waals surface area contributed by atoms with Crippen LogP contribution in [0.4, 0.5) is 37.7 Å². The molecule has 0 saturated carbocycles. The van der Waals surface area contributed by atoms with Crippen molar-refractivity contribution in [1.29, 1.82) is 0 Å². The molecule has 1 aliphatic rings. The van der Waals surface area contributed by atoms with E-state index in [-0.39, 0.29) is 0 Å². The second-order valence-corrected chi connectivity index (χ2v) is 14.0. The molecule has 0 saturated heterocycles. The van der Waals surface area contributed by atoms with Gasteiger partial charge in [-0.2, -0.15) is 26.3 Å². The molecule has 3 rings (SSSR count). The quantitative estimate of drug-likeness (QED) is 0.185. The lowest BCUT2D eigenvalue weighted by atomic mass is 9.79. The van der Waals surface area contributed by atoms with E-state index in [0.29, 0.717) is 48.2 Å². The molecule has 248 valence electrons. The standard InChI is InChI=1S/C37H48F6N2/c1-25(2)18-21-44-31-16-14-27(36(38,39)40)23-29(31)34(5,6)20-12-10-9-11-13-33-35(7,8)30-24-28(37(41,42)43)15-17-32(30)45(33)22-19-26(3)4/h9-17,23-26,44H,18-22H2,1-8H3/b11-9+,12-10+,33-13+. The number of hydrogen-bond acceptors (Lipinski definition) is 2. The molecule has 0 bridgehead atoms. The molecule has 2 aromatic carbocycles. The lowest BCUT2D eigenvalue weighted by molar-refractivity contribution is -0.138. The van der Waals surface area contributed by atoms with Crippen LogP contribution in [0.5, 0.6) is 0 Å². The van der Waals surface area contributed by atoms with Crippen LogP contribution in [0.1, 0.15) is 96.9 Å². The first-order valence-electron chi connectivity index (χ1n) is 15.7. The maximum Gasteiger partial charge on any atom is 0.416 e. The fourth-order valence-electron chi connectivity index (χ4n) is 5.67. The van der Waals surface area contributed by atoms with Crippen LogP contribution in [0.3, 0.4) is 0 Å². The summed E-state index contributed by atoms with van der Waals surface area (Å²) in [6.07, 6.45) is 2.94. The van der Waals surface area contributed by atoms with E-state index < -0.39 is 34.3 Å². The van der Waals surface area contributed by atoms with Crippen LogP contribution in [0.15, 0.2) is 72.5 Å². The summed E-state index contributed by atoms with van der Waals surface area (Å²) >= 11 is 0. The van der Waals surface area contributed by atoms with Gasteiger partial charge in [-0.3, -0.25) is 0 Å². The summed E-state index contributed by atoms with van der Waals surface area (Å²) in [6.45, 7) is 17.6. The summed E-state index contributed by atoms with van der Waals surface area (Å²) in [5.74, 6) is 0.897. The lowest BCUT2D eigenvalue weighted by Gasteiger charge is -2.28. The lowest BCUT2D eigenvalue weighted by Crippen LogP contribution is -2.27. The van der Waals surface area contributed by atoms with Crippen molar-refractivity contribution < 1.29 is 26.3 Å². The summed E-state index contributed by atoms with van der Waals surface area (Å²) in [4.78, 5) is 2.12. The number of allylic oxidation sites excluding steroid dienone is 6. The Balaban J connectivity index is 1.84. The third-order valence-electron chi connectivity index (χ3n) is 8.50. The SMILES string of the molecule is CC(C)CCNc1ccc(C(F)(F)F)cc1C(C)(C)C/C=C/C=C/C=C1/N(CCC(C)C)c2ccc(C(F)(F)F)cc2C1(C)C. The number of rotatable bonds is 12. The normalized spacial score (nSPS) is 16.6. The molecule has 1 aliphatic heterocycles. The zero-order valence-corrected chi connectivity index (χ0v) is 27.8. The third-order valence-corrected chi connectivity index (χ3v) is 8.50. The van der Waals surface area contributed by atoms with E-state index >= 15 is 0 Å². The van der Waals surface area contributed by atoms with E-state index in [1.807, 2.05) is 58.1 Å². The molecule has 0 aromatic heterocycles. The Morgan fingerprint density at radius 1 is 0.800 bits per heavy atom. The number of nitrogens with one attached hydrogen (secondary N) is 1. The molecule has 8 heteroatoms. The Labute approximate surface area is 265 Å². The van der Waals surface area contributed by atoms with Crippen LogP contribution in [0.2, 0.25) is 0 Å². The topological polar surface area (TPSA) is 15.3 Å². The second kappa shape index (κ2) is 14.1. The van der Waals surface area contributed by atoms with E-state index in [4.69, 9.17) is 0 Å². The fraction of sp³-hybridized carbons (Fsp3) is 0.514. The summed E-state index contributed by atoms with van der Waals surface area (Å²) in [5, 5.41) is 3.34. The van der Waals surface area contributed by atoms with E-state index in [0.717, 1.165) is 36.4 Å². The minimum atomic E-state index is -4.43. The molecule has 0 spiro atoms. The Morgan fingerprint density at radius 3 is 2.00 bits per heavy atom. The van der Waals surface area contributed by atoms with Crippen molar-refractivity contribution in [3.63, 3.8) is 0 Å². The average Bonchev–Trinajstić information content (AvgIpc) is 3.13. The van der Waals surface area contributed by atoms with Gasteiger partial charge in [-0.1, -0.05) is 79.7 Å². The molecule has 0 aliphatic carbocycles. The van der Waals surface area contributed by atoms with Gasteiger partial charge in [0.1, 0.15) is 0 Å². The molecule has 2 aromatic rings. The third kappa shape index (κ3) is 9.20. The van der Waals surface area contributed by atoms with Crippen molar-refractivity contribution in [3.05, 3.63) is 94.7 Å². The Morgan fingerprint density at radius 2 is 1.40 bits per heavy atom. The van der Waals surface area contributed by atoms with Gasteiger partial charge in [-0.15, -0.1) is 0 Å². The molecule has 0 amide bonds. The van der Waals surface area contributed by atoms with Gasteiger partial charge in [0.2, 0.25) is 0 Å². The predicted octanol–water partition coefficient (Wildman–Crippen LogP) is 11.7. The molecule has 0 radical (unpaired) electrons. The molecular formula is C37H48F6N2. The number of alkyl halides is 6. The first kappa shape index (κ1) is 36.3. The molecule has 0 atom stereocenters. The maximum absolute atomic E-state index is 13.6. The first-order chi connectivity index (χ1) is 20.7. The van der Waals surface area contributed by atoms with Crippen LogP contribution < -0.4 is 10.2 Å². The second-order valence-electron chi connectivity index (χ2n) is 14.0. The largest absolute Gasteiger partial charge is 0.416 e. The molecule has 2 nitrogen and oxygen atoms in total. The van der Waals surface area contributed by atoms with Crippen molar-refractivity contribution in [2.75, 3.05) is 23.3 Å². The summed E-state index contributed by atoms with van der Waals surface area (Å²) in [5.41, 5.74) is 1.15. The van der Waals surface area contributed by atoms with Gasteiger partial charge in [0, 0.05) is 35.6 Å². The Bertz CT molecular complexity index is 1390. The maximum atomic E-state index is 13.6. The summed E-state index contributed by atoms with van der Waals surface area (Å²) < 4.78 is 81.4. The van der Waals surface area contributed by atoms with Crippen LogP contribution in [0, 0.1) is 11.8 Å². The van der Waals surface area contributed by atoms with Gasteiger partial charge in [0.15, 0.2) is 0 Å². The molecule has 0 unspecified atom stereocenters. The van der Waals surface area contributed by atoms with E-state index in [9.17, 15) is 26.3 Å². The smallest absolute Gasteiger partial charge is 0.385 e.